The number of aliphatic carboxylic acids is 1. The SMILES string of the molecule is CC1OCCNC1C(=O)O.Cl. The number of morpholine rings is 1. The van der Waals surface area contributed by atoms with Crippen molar-refractivity contribution in [3.05, 3.63) is 0 Å². The third-order valence-electron chi connectivity index (χ3n) is 1.58. The zero-order valence-corrected chi connectivity index (χ0v) is 7.06. The van der Waals surface area contributed by atoms with Crippen molar-refractivity contribution in [1.29, 1.82) is 0 Å². The van der Waals surface area contributed by atoms with Gasteiger partial charge in [-0.3, -0.25) is 10.1 Å². The van der Waals surface area contributed by atoms with Gasteiger partial charge < -0.3 is 9.84 Å². The highest BCUT2D eigenvalue weighted by atomic mass is 35.5. The minimum atomic E-state index is -0.841. The number of ether oxygens (including phenoxy) is 1. The van der Waals surface area contributed by atoms with E-state index < -0.39 is 12.0 Å². The lowest BCUT2D eigenvalue weighted by molar-refractivity contribution is -0.145. The molecule has 0 saturated carbocycles. The topological polar surface area (TPSA) is 58.6 Å². The van der Waals surface area contributed by atoms with Crippen molar-refractivity contribution in [2.75, 3.05) is 13.2 Å². The van der Waals surface area contributed by atoms with Gasteiger partial charge >= 0.3 is 5.97 Å². The van der Waals surface area contributed by atoms with Gasteiger partial charge in [-0.05, 0) is 6.92 Å². The number of carboxylic acid groups (broad SMARTS) is 1. The van der Waals surface area contributed by atoms with Crippen molar-refractivity contribution >= 4 is 18.4 Å². The van der Waals surface area contributed by atoms with Crippen molar-refractivity contribution < 1.29 is 14.6 Å². The van der Waals surface area contributed by atoms with Gasteiger partial charge in [-0.2, -0.15) is 0 Å². The minimum Gasteiger partial charge on any atom is -0.480 e. The Hall–Kier alpha value is -0.320. The van der Waals surface area contributed by atoms with Gasteiger partial charge in [0, 0.05) is 6.54 Å². The lowest BCUT2D eigenvalue weighted by Crippen LogP contribution is -2.51. The molecule has 2 atom stereocenters. The van der Waals surface area contributed by atoms with Gasteiger partial charge in [0.2, 0.25) is 0 Å². The molecule has 2 N–H and O–H groups in total. The van der Waals surface area contributed by atoms with E-state index in [0.717, 1.165) is 0 Å². The Kier molecular flexibility index (Phi) is 4.40. The Morgan fingerprint density at radius 3 is 2.73 bits per heavy atom. The zero-order valence-electron chi connectivity index (χ0n) is 6.24. The smallest absolute Gasteiger partial charge is 0.323 e. The molecule has 0 aliphatic carbocycles. The van der Waals surface area contributed by atoms with E-state index in [2.05, 4.69) is 5.32 Å². The van der Waals surface area contributed by atoms with E-state index in [1.165, 1.54) is 0 Å². The second-order valence-electron chi connectivity index (χ2n) is 2.35. The summed E-state index contributed by atoms with van der Waals surface area (Å²) < 4.78 is 5.11. The molecule has 0 spiro atoms. The summed E-state index contributed by atoms with van der Waals surface area (Å²) in [4.78, 5) is 10.4. The maximum Gasteiger partial charge on any atom is 0.323 e. The average molecular weight is 182 g/mol. The monoisotopic (exact) mass is 181 g/mol. The predicted molar refractivity (Wildman–Crippen MR) is 42.1 cm³/mol. The standard InChI is InChI=1S/C6H11NO3.ClH/c1-4-5(6(8)9)7-2-3-10-4;/h4-5,7H,2-3H2,1H3,(H,8,9);1H. The van der Waals surface area contributed by atoms with Crippen molar-refractivity contribution in [2.24, 2.45) is 0 Å². The molecule has 1 heterocycles. The van der Waals surface area contributed by atoms with Gasteiger partial charge in [-0.15, -0.1) is 12.4 Å². The zero-order chi connectivity index (χ0) is 7.56. The van der Waals surface area contributed by atoms with Crippen LogP contribution in [0.15, 0.2) is 0 Å². The largest absolute Gasteiger partial charge is 0.480 e. The first-order chi connectivity index (χ1) is 4.72. The summed E-state index contributed by atoms with van der Waals surface area (Å²) in [5, 5.41) is 11.4. The second-order valence-corrected chi connectivity index (χ2v) is 2.35. The fourth-order valence-corrected chi connectivity index (χ4v) is 1.01. The molecular formula is C6H12ClNO3. The van der Waals surface area contributed by atoms with E-state index in [1.807, 2.05) is 0 Å². The second kappa shape index (κ2) is 4.54. The van der Waals surface area contributed by atoms with Crippen LogP contribution in [-0.4, -0.2) is 36.4 Å². The summed E-state index contributed by atoms with van der Waals surface area (Å²) in [6.45, 7) is 2.98. The van der Waals surface area contributed by atoms with Crippen molar-refractivity contribution in [1.82, 2.24) is 5.32 Å². The third kappa shape index (κ3) is 2.65. The van der Waals surface area contributed by atoms with Gasteiger partial charge in [0.05, 0.1) is 12.7 Å². The lowest BCUT2D eigenvalue weighted by atomic mass is 10.1. The van der Waals surface area contributed by atoms with Crippen LogP contribution in [0.1, 0.15) is 6.92 Å². The maximum absolute atomic E-state index is 10.4. The maximum atomic E-state index is 10.4. The Morgan fingerprint density at radius 2 is 2.36 bits per heavy atom. The fourth-order valence-electron chi connectivity index (χ4n) is 1.01. The van der Waals surface area contributed by atoms with E-state index in [9.17, 15) is 4.79 Å². The summed E-state index contributed by atoms with van der Waals surface area (Å²) in [7, 11) is 0. The summed E-state index contributed by atoms with van der Waals surface area (Å²) in [5.41, 5.74) is 0. The molecule has 66 valence electrons. The van der Waals surface area contributed by atoms with Crippen LogP contribution in [-0.2, 0) is 9.53 Å². The predicted octanol–water partition coefficient (Wildman–Crippen LogP) is -0.130. The molecule has 1 aliphatic heterocycles. The highest BCUT2D eigenvalue weighted by Gasteiger charge is 2.27. The van der Waals surface area contributed by atoms with Crippen molar-refractivity contribution in [3.8, 4) is 0 Å². The number of nitrogens with one attached hydrogen (secondary N) is 1. The lowest BCUT2D eigenvalue weighted by Gasteiger charge is -2.26. The van der Waals surface area contributed by atoms with Gasteiger partial charge in [-0.25, -0.2) is 0 Å². The van der Waals surface area contributed by atoms with Gasteiger partial charge in [0.1, 0.15) is 6.04 Å². The molecule has 0 amide bonds. The number of rotatable bonds is 1. The molecule has 11 heavy (non-hydrogen) atoms. The number of hydrogen-bond acceptors (Lipinski definition) is 3. The van der Waals surface area contributed by atoms with E-state index in [0.29, 0.717) is 13.2 Å². The van der Waals surface area contributed by atoms with Crippen molar-refractivity contribution in [3.63, 3.8) is 0 Å². The van der Waals surface area contributed by atoms with Gasteiger partial charge in [0.15, 0.2) is 0 Å². The molecule has 0 aromatic rings. The molecule has 0 aromatic heterocycles. The normalized spacial score (nSPS) is 30.6. The van der Waals surface area contributed by atoms with Crippen molar-refractivity contribution in [2.45, 2.75) is 19.1 Å². The molecule has 4 nitrogen and oxygen atoms in total. The number of hydrogen-bond donors (Lipinski definition) is 2. The van der Waals surface area contributed by atoms with Crippen LogP contribution in [0, 0.1) is 0 Å². The van der Waals surface area contributed by atoms with Crippen LogP contribution in [0.2, 0.25) is 0 Å². The highest BCUT2D eigenvalue weighted by Crippen LogP contribution is 2.02. The average Bonchev–Trinajstić information content (AvgIpc) is 1.88. The molecule has 2 unspecified atom stereocenters. The molecular weight excluding hydrogens is 170 g/mol. The summed E-state index contributed by atoms with van der Waals surface area (Å²) >= 11 is 0. The number of carboxylic acids is 1. The first kappa shape index (κ1) is 10.7. The van der Waals surface area contributed by atoms with Crippen LogP contribution in [0.3, 0.4) is 0 Å². The molecule has 5 heteroatoms. The van der Waals surface area contributed by atoms with Crippen LogP contribution >= 0.6 is 12.4 Å². The summed E-state index contributed by atoms with van der Waals surface area (Å²) in [6.07, 6.45) is -0.216. The molecule has 0 aromatic carbocycles. The highest BCUT2D eigenvalue weighted by molar-refractivity contribution is 5.85. The Labute approximate surface area is 71.3 Å². The van der Waals surface area contributed by atoms with Crippen LogP contribution in [0.5, 0.6) is 0 Å². The van der Waals surface area contributed by atoms with Gasteiger partial charge in [0.25, 0.3) is 0 Å². The molecule has 0 bridgehead atoms. The Morgan fingerprint density at radius 1 is 1.73 bits per heavy atom. The van der Waals surface area contributed by atoms with E-state index >= 15 is 0 Å². The first-order valence-electron chi connectivity index (χ1n) is 3.29. The van der Waals surface area contributed by atoms with E-state index in [-0.39, 0.29) is 18.5 Å². The molecule has 1 fully saturated rings. The molecule has 1 rings (SSSR count). The Balaban J connectivity index is 0.000001000. The number of carbonyl (C=O) groups is 1. The quantitative estimate of drug-likeness (QED) is 0.592. The van der Waals surface area contributed by atoms with Crippen LogP contribution in [0.25, 0.3) is 0 Å². The molecule has 0 radical (unpaired) electrons. The Bertz CT molecular complexity index is 142. The first-order valence-corrected chi connectivity index (χ1v) is 3.29. The van der Waals surface area contributed by atoms with E-state index in [1.54, 1.807) is 6.92 Å². The summed E-state index contributed by atoms with van der Waals surface area (Å²) in [6, 6.07) is -0.534. The van der Waals surface area contributed by atoms with Gasteiger partial charge in [-0.1, -0.05) is 0 Å². The third-order valence-corrected chi connectivity index (χ3v) is 1.58. The van der Waals surface area contributed by atoms with Crippen LogP contribution in [0.4, 0.5) is 0 Å². The van der Waals surface area contributed by atoms with E-state index in [4.69, 9.17) is 9.84 Å². The molecule has 1 aliphatic rings. The summed E-state index contributed by atoms with van der Waals surface area (Å²) in [5.74, 6) is -0.841. The van der Waals surface area contributed by atoms with Crippen LogP contribution < -0.4 is 5.32 Å². The minimum absolute atomic E-state index is 0. The fraction of sp³-hybridized carbons (Fsp3) is 0.833. The number of halogens is 1. The molecule has 1 saturated heterocycles.